The fourth-order valence-corrected chi connectivity index (χ4v) is 5.07. The molecule has 1 amide bonds. The number of nitrogens with zero attached hydrogens (tertiary/aromatic N) is 4. The van der Waals surface area contributed by atoms with Crippen LogP contribution in [0.4, 0.5) is 13.2 Å². The quantitative estimate of drug-likeness (QED) is 0.587. The second-order valence-corrected chi connectivity index (χ2v) is 8.92. The van der Waals surface area contributed by atoms with Gasteiger partial charge in [0, 0.05) is 37.3 Å². The molecule has 1 aliphatic heterocycles. The molecule has 2 aromatic carbocycles. The van der Waals surface area contributed by atoms with E-state index in [0.29, 0.717) is 17.0 Å². The lowest BCUT2D eigenvalue weighted by molar-refractivity contribution is -0.139. The van der Waals surface area contributed by atoms with Crippen LogP contribution in [-0.4, -0.2) is 59.9 Å². The summed E-state index contributed by atoms with van der Waals surface area (Å²) in [5.74, 6) is -0.00298. The van der Waals surface area contributed by atoms with Gasteiger partial charge in [-0.05, 0) is 36.4 Å². The van der Waals surface area contributed by atoms with E-state index in [9.17, 15) is 26.4 Å². The number of hydrogen-bond donors (Lipinski definition) is 0. The molecule has 168 valence electrons. The number of amides is 1. The minimum atomic E-state index is -4.80. The molecule has 1 aromatic heterocycles. The normalized spacial score (nSPS) is 15.7. The topological polar surface area (TPSA) is 96.6 Å². The molecule has 1 fully saturated rings. The lowest BCUT2D eigenvalue weighted by Gasteiger charge is -2.34. The van der Waals surface area contributed by atoms with Crippen molar-refractivity contribution in [1.82, 2.24) is 19.4 Å². The molecule has 32 heavy (non-hydrogen) atoms. The third kappa shape index (κ3) is 4.23. The number of halogens is 3. The zero-order valence-electron chi connectivity index (χ0n) is 16.5. The predicted octanol–water partition coefficient (Wildman–Crippen LogP) is 2.90. The predicted molar refractivity (Wildman–Crippen MR) is 106 cm³/mol. The first-order valence-corrected chi connectivity index (χ1v) is 10.9. The standard InChI is InChI=1S/C20H17F3N4O4S/c21-20(22,23)16-3-1-2-4-17(16)32(29,30)27-11-9-26(10-12-27)19(28)15-7-5-14(6-8-15)18-25-24-13-31-18/h1-8,13H,9-12H2. The van der Waals surface area contributed by atoms with Crippen molar-refractivity contribution < 1.29 is 30.8 Å². The smallest absolute Gasteiger partial charge is 0.417 e. The minimum absolute atomic E-state index is 0.0532. The Hall–Kier alpha value is -3.25. The van der Waals surface area contributed by atoms with Crippen molar-refractivity contribution >= 4 is 15.9 Å². The van der Waals surface area contributed by atoms with Crippen LogP contribution in [0.1, 0.15) is 15.9 Å². The average Bonchev–Trinajstić information content (AvgIpc) is 3.33. The molecule has 1 aliphatic rings. The van der Waals surface area contributed by atoms with E-state index in [4.69, 9.17) is 4.42 Å². The Morgan fingerprint density at radius 2 is 1.62 bits per heavy atom. The molecule has 0 unspecified atom stereocenters. The summed E-state index contributed by atoms with van der Waals surface area (Å²) in [6.45, 7) is -0.115. The summed E-state index contributed by atoms with van der Waals surface area (Å²) in [4.78, 5) is 13.4. The molecule has 4 rings (SSSR count). The molecule has 0 N–H and O–H groups in total. The summed E-state index contributed by atoms with van der Waals surface area (Å²) in [6, 6.07) is 10.5. The number of hydrogen-bond acceptors (Lipinski definition) is 6. The molecule has 0 aliphatic carbocycles. The fraction of sp³-hybridized carbons (Fsp3) is 0.250. The van der Waals surface area contributed by atoms with Crippen LogP contribution < -0.4 is 0 Å². The highest BCUT2D eigenvalue weighted by molar-refractivity contribution is 7.89. The molecule has 1 saturated heterocycles. The summed E-state index contributed by atoms with van der Waals surface area (Å²) in [5.41, 5.74) is -0.190. The molecule has 12 heteroatoms. The van der Waals surface area contributed by atoms with E-state index in [1.165, 1.54) is 17.4 Å². The average molecular weight is 466 g/mol. The molecule has 0 saturated carbocycles. The maximum atomic E-state index is 13.3. The van der Waals surface area contributed by atoms with Crippen LogP contribution in [-0.2, 0) is 16.2 Å². The van der Waals surface area contributed by atoms with Gasteiger partial charge in [-0.2, -0.15) is 17.5 Å². The monoisotopic (exact) mass is 466 g/mol. The Labute approximate surface area is 181 Å². The molecular formula is C20H17F3N4O4S. The van der Waals surface area contributed by atoms with Crippen molar-refractivity contribution in [2.75, 3.05) is 26.2 Å². The molecule has 2 heterocycles. The van der Waals surface area contributed by atoms with Gasteiger partial charge in [0.25, 0.3) is 5.91 Å². The van der Waals surface area contributed by atoms with Crippen molar-refractivity contribution in [1.29, 1.82) is 0 Å². The number of aromatic nitrogens is 2. The number of alkyl halides is 3. The van der Waals surface area contributed by atoms with Gasteiger partial charge in [0.15, 0.2) is 0 Å². The van der Waals surface area contributed by atoms with Crippen LogP contribution in [0.15, 0.2) is 64.2 Å². The van der Waals surface area contributed by atoms with E-state index in [1.807, 2.05) is 0 Å². The second kappa shape index (κ2) is 8.36. The number of benzene rings is 2. The zero-order chi connectivity index (χ0) is 22.9. The van der Waals surface area contributed by atoms with Crippen molar-refractivity contribution in [3.8, 4) is 11.5 Å². The SMILES string of the molecule is O=C(c1ccc(-c2nnco2)cc1)N1CCN(S(=O)(=O)c2ccccc2C(F)(F)F)CC1. The third-order valence-electron chi connectivity index (χ3n) is 5.07. The first-order chi connectivity index (χ1) is 15.2. The van der Waals surface area contributed by atoms with E-state index in [1.54, 1.807) is 24.3 Å². The maximum Gasteiger partial charge on any atom is 0.417 e. The Kier molecular flexibility index (Phi) is 5.73. The second-order valence-electron chi connectivity index (χ2n) is 7.01. The lowest BCUT2D eigenvalue weighted by atomic mass is 10.1. The highest BCUT2D eigenvalue weighted by Gasteiger charge is 2.39. The van der Waals surface area contributed by atoms with E-state index in [0.717, 1.165) is 22.5 Å². The molecule has 3 aromatic rings. The van der Waals surface area contributed by atoms with E-state index in [2.05, 4.69) is 10.2 Å². The summed E-state index contributed by atoms with van der Waals surface area (Å²) in [5, 5.41) is 7.37. The molecule has 8 nitrogen and oxygen atoms in total. The molecular weight excluding hydrogens is 449 g/mol. The summed E-state index contributed by atoms with van der Waals surface area (Å²) in [7, 11) is -4.37. The highest BCUT2D eigenvalue weighted by atomic mass is 32.2. The molecule has 0 atom stereocenters. The van der Waals surface area contributed by atoms with Crippen LogP contribution in [0, 0.1) is 0 Å². The summed E-state index contributed by atoms with van der Waals surface area (Å²) >= 11 is 0. The van der Waals surface area contributed by atoms with Crippen LogP contribution in [0.3, 0.4) is 0 Å². The lowest BCUT2D eigenvalue weighted by Crippen LogP contribution is -2.50. The Morgan fingerprint density at radius 3 is 2.22 bits per heavy atom. The number of carbonyl (C=O) groups is 1. The summed E-state index contributed by atoms with van der Waals surface area (Å²) in [6.07, 6.45) is -3.61. The highest BCUT2D eigenvalue weighted by Crippen LogP contribution is 2.35. The van der Waals surface area contributed by atoms with Gasteiger partial charge in [-0.25, -0.2) is 8.42 Å². The van der Waals surface area contributed by atoms with Crippen molar-refractivity contribution in [2.45, 2.75) is 11.1 Å². The number of piperazine rings is 1. The van der Waals surface area contributed by atoms with E-state index in [-0.39, 0.29) is 32.1 Å². The fourth-order valence-electron chi connectivity index (χ4n) is 3.43. The first kappa shape index (κ1) is 22.0. The van der Waals surface area contributed by atoms with Gasteiger partial charge in [0.05, 0.1) is 10.5 Å². The first-order valence-electron chi connectivity index (χ1n) is 9.50. The van der Waals surface area contributed by atoms with Gasteiger partial charge in [0.1, 0.15) is 0 Å². The van der Waals surface area contributed by atoms with Crippen molar-refractivity contribution in [3.05, 3.63) is 66.1 Å². The maximum absolute atomic E-state index is 13.3. The largest absolute Gasteiger partial charge is 0.423 e. The van der Waals surface area contributed by atoms with E-state index < -0.39 is 26.7 Å². The van der Waals surface area contributed by atoms with Crippen LogP contribution in [0.2, 0.25) is 0 Å². The van der Waals surface area contributed by atoms with Crippen molar-refractivity contribution in [2.24, 2.45) is 0 Å². The van der Waals surface area contributed by atoms with E-state index >= 15 is 0 Å². The molecule has 0 radical (unpaired) electrons. The molecule has 0 spiro atoms. The van der Waals surface area contributed by atoms with Crippen LogP contribution in [0.5, 0.6) is 0 Å². The zero-order valence-corrected chi connectivity index (χ0v) is 17.3. The van der Waals surface area contributed by atoms with Crippen molar-refractivity contribution in [3.63, 3.8) is 0 Å². The van der Waals surface area contributed by atoms with Gasteiger partial charge in [0.2, 0.25) is 22.3 Å². The van der Waals surface area contributed by atoms with Gasteiger partial charge in [-0.1, -0.05) is 12.1 Å². The Balaban J connectivity index is 1.46. The Morgan fingerprint density at radius 1 is 0.969 bits per heavy atom. The van der Waals surface area contributed by atoms with Gasteiger partial charge >= 0.3 is 6.18 Å². The number of carbonyl (C=O) groups excluding carboxylic acids is 1. The Bertz CT molecular complexity index is 1200. The molecule has 0 bridgehead atoms. The third-order valence-corrected chi connectivity index (χ3v) is 7.03. The number of rotatable bonds is 4. The van der Waals surface area contributed by atoms with Gasteiger partial charge < -0.3 is 9.32 Å². The number of sulfonamides is 1. The van der Waals surface area contributed by atoms with Gasteiger partial charge in [-0.15, -0.1) is 10.2 Å². The summed E-state index contributed by atoms with van der Waals surface area (Å²) < 4.78 is 71.6. The minimum Gasteiger partial charge on any atom is -0.423 e. The van der Waals surface area contributed by atoms with Gasteiger partial charge in [-0.3, -0.25) is 4.79 Å². The van der Waals surface area contributed by atoms with Crippen LogP contribution in [0.25, 0.3) is 11.5 Å². The van der Waals surface area contributed by atoms with Crippen LogP contribution >= 0.6 is 0 Å².